The number of alkyl carbamates (subject to hydrolysis) is 2. The standard InChI is InChI=1S/C50H50N8O6/c1-5-25-57(45(59)30-52-49(61)63-3)32-44-53-41-24-21-37-27-36(19-23-40(37)47(41)55-44)39-22-20-38(28-35(39)18-17-33-13-9-7-10-14-33)42-29-51-43(54-42)31-58(26-6-2)48(60)46(56-50(62)64-4)34-15-11-8-12-16-34/h7-16,19-24,27-29,46H,5-6,25-26,30-32H2,1-4H3,(H,51,54)(H,52,61)(H,53,55)(H,56,62)/t46-/m1/s1. The van der Waals surface area contributed by atoms with E-state index in [2.05, 4.69) is 66.4 Å². The normalized spacial score (nSPS) is 11.3. The Balaban J connectivity index is 1.17. The molecule has 0 aliphatic carbocycles. The van der Waals surface area contributed by atoms with Gasteiger partial charge in [0.1, 0.15) is 24.2 Å². The van der Waals surface area contributed by atoms with Crippen molar-refractivity contribution in [1.29, 1.82) is 0 Å². The van der Waals surface area contributed by atoms with Gasteiger partial charge in [0.2, 0.25) is 11.8 Å². The number of nitrogens with zero attached hydrogens (tertiary/aromatic N) is 4. The van der Waals surface area contributed by atoms with Crippen LogP contribution in [0.5, 0.6) is 0 Å². The van der Waals surface area contributed by atoms with Gasteiger partial charge < -0.3 is 39.9 Å². The number of carbonyl (C=O) groups is 4. The second-order valence-electron chi connectivity index (χ2n) is 15.1. The third-order valence-corrected chi connectivity index (χ3v) is 10.6. The molecule has 5 aromatic carbocycles. The number of aromatic nitrogens is 4. The zero-order valence-electron chi connectivity index (χ0n) is 36.2. The van der Waals surface area contributed by atoms with Gasteiger partial charge in [0.15, 0.2) is 0 Å². The molecule has 326 valence electrons. The third kappa shape index (κ3) is 10.6. The van der Waals surface area contributed by atoms with E-state index in [9.17, 15) is 19.2 Å². The molecule has 2 heterocycles. The van der Waals surface area contributed by atoms with Crippen molar-refractivity contribution in [3.8, 4) is 34.2 Å². The number of nitrogens with one attached hydrogen (secondary N) is 4. The number of aromatic amines is 2. The summed E-state index contributed by atoms with van der Waals surface area (Å²) in [6.45, 7) is 5.22. The molecule has 0 bridgehead atoms. The quantitative estimate of drug-likeness (QED) is 0.0749. The molecule has 0 aliphatic heterocycles. The number of amides is 4. The molecular formula is C50H50N8O6. The van der Waals surface area contributed by atoms with Crippen molar-refractivity contribution < 1.29 is 28.7 Å². The molecule has 0 unspecified atom stereocenters. The highest BCUT2D eigenvalue weighted by Gasteiger charge is 2.28. The Kier molecular flexibility index (Phi) is 14.3. The summed E-state index contributed by atoms with van der Waals surface area (Å²) in [7, 11) is 2.52. The molecular weight excluding hydrogens is 809 g/mol. The number of carbonyl (C=O) groups excluding carboxylic acids is 4. The van der Waals surface area contributed by atoms with Crippen LogP contribution in [0.1, 0.15) is 61.1 Å². The molecule has 14 heteroatoms. The van der Waals surface area contributed by atoms with Crippen molar-refractivity contribution in [1.82, 2.24) is 40.4 Å². The van der Waals surface area contributed by atoms with E-state index in [1.165, 1.54) is 14.2 Å². The number of hydrogen-bond acceptors (Lipinski definition) is 8. The van der Waals surface area contributed by atoms with Crippen LogP contribution in [-0.2, 0) is 32.2 Å². The number of ether oxygens (including phenoxy) is 2. The molecule has 14 nitrogen and oxygen atoms in total. The fourth-order valence-electron chi connectivity index (χ4n) is 7.50. The summed E-state index contributed by atoms with van der Waals surface area (Å²) in [5.74, 6) is 7.48. The lowest BCUT2D eigenvalue weighted by Crippen LogP contribution is -2.43. The molecule has 0 radical (unpaired) electrons. The lowest BCUT2D eigenvalue weighted by molar-refractivity contribution is -0.134. The Bertz CT molecular complexity index is 2830. The number of benzene rings is 5. The van der Waals surface area contributed by atoms with Crippen LogP contribution < -0.4 is 10.6 Å². The summed E-state index contributed by atoms with van der Waals surface area (Å²) < 4.78 is 9.46. The van der Waals surface area contributed by atoms with Gasteiger partial charge in [-0.3, -0.25) is 9.59 Å². The first-order chi connectivity index (χ1) is 31.2. The van der Waals surface area contributed by atoms with Gasteiger partial charge in [-0.1, -0.05) is 105 Å². The molecule has 0 spiro atoms. The zero-order chi connectivity index (χ0) is 45.0. The minimum Gasteiger partial charge on any atom is -0.453 e. The van der Waals surface area contributed by atoms with Crippen LogP contribution in [0.4, 0.5) is 9.59 Å². The largest absolute Gasteiger partial charge is 0.453 e. The van der Waals surface area contributed by atoms with Crippen LogP contribution in [0, 0.1) is 11.8 Å². The second-order valence-corrected chi connectivity index (χ2v) is 15.1. The van der Waals surface area contributed by atoms with Gasteiger partial charge in [0, 0.05) is 35.2 Å². The van der Waals surface area contributed by atoms with Crippen LogP contribution >= 0.6 is 0 Å². The van der Waals surface area contributed by atoms with E-state index in [0.29, 0.717) is 36.7 Å². The topological polar surface area (TPSA) is 175 Å². The van der Waals surface area contributed by atoms with Crippen LogP contribution in [-0.4, -0.2) is 87.6 Å². The number of hydrogen-bond donors (Lipinski definition) is 4. The van der Waals surface area contributed by atoms with Crippen LogP contribution in [0.3, 0.4) is 0 Å². The summed E-state index contributed by atoms with van der Waals surface area (Å²) in [6, 6.07) is 34.4. The van der Waals surface area contributed by atoms with E-state index in [0.717, 1.165) is 61.7 Å². The average molecular weight is 859 g/mol. The fraction of sp³-hybridized carbons (Fsp3) is 0.240. The summed E-state index contributed by atoms with van der Waals surface area (Å²) >= 11 is 0. The lowest BCUT2D eigenvalue weighted by Gasteiger charge is -2.27. The molecule has 1 atom stereocenters. The number of imidazole rings is 2. The number of rotatable bonds is 15. The maximum Gasteiger partial charge on any atom is 0.407 e. The van der Waals surface area contributed by atoms with Crippen molar-refractivity contribution in [2.75, 3.05) is 33.9 Å². The van der Waals surface area contributed by atoms with Crippen molar-refractivity contribution in [3.05, 3.63) is 144 Å². The number of fused-ring (bicyclic) bond motifs is 3. The highest BCUT2D eigenvalue weighted by atomic mass is 16.5. The molecule has 4 N–H and O–H groups in total. The van der Waals surface area contributed by atoms with Crippen LogP contribution in [0.15, 0.2) is 115 Å². The fourth-order valence-corrected chi connectivity index (χ4v) is 7.50. The first-order valence-electron chi connectivity index (χ1n) is 21.1. The molecule has 7 rings (SSSR count). The molecule has 2 aromatic heterocycles. The highest BCUT2D eigenvalue weighted by Crippen LogP contribution is 2.33. The predicted molar refractivity (Wildman–Crippen MR) is 246 cm³/mol. The van der Waals surface area contributed by atoms with Gasteiger partial charge >= 0.3 is 12.2 Å². The maximum absolute atomic E-state index is 14.0. The van der Waals surface area contributed by atoms with Crippen molar-refractivity contribution in [2.24, 2.45) is 0 Å². The lowest BCUT2D eigenvalue weighted by atomic mass is 9.94. The molecule has 0 saturated heterocycles. The summed E-state index contributed by atoms with van der Waals surface area (Å²) in [5, 5.41) is 7.10. The van der Waals surface area contributed by atoms with Gasteiger partial charge in [-0.05, 0) is 65.3 Å². The Morgan fingerprint density at radius 1 is 0.734 bits per heavy atom. The van der Waals surface area contributed by atoms with Crippen molar-refractivity contribution in [3.63, 3.8) is 0 Å². The SMILES string of the molecule is CCCN(Cc1nc2c(ccc3cc(-c4ccc(-c5cnc(CN(CCC)C(=O)[C@H](NC(=O)OC)c6ccccc6)[nH]5)cc4C#Cc4ccccc4)ccc32)[nH]1)C(=O)CNC(=O)OC. The molecule has 7 aromatic rings. The second kappa shape index (κ2) is 20.8. The smallest absolute Gasteiger partial charge is 0.407 e. The first kappa shape index (κ1) is 44.1. The molecule has 64 heavy (non-hydrogen) atoms. The van der Waals surface area contributed by atoms with Crippen LogP contribution in [0.25, 0.3) is 44.2 Å². The van der Waals surface area contributed by atoms with E-state index in [-0.39, 0.29) is 31.4 Å². The van der Waals surface area contributed by atoms with Gasteiger partial charge in [-0.15, -0.1) is 0 Å². The van der Waals surface area contributed by atoms with Crippen molar-refractivity contribution >= 4 is 45.8 Å². The third-order valence-electron chi connectivity index (χ3n) is 10.6. The van der Waals surface area contributed by atoms with Crippen molar-refractivity contribution in [2.45, 2.75) is 45.8 Å². The molecule has 0 aliphatic rings. The Morgan fingerprint density at radius 3 is 2.17 bits per heavy atom. The number of methoxy groups -OCH3 is 2. The molecule has 0 saturated carbocycles. The highest BCUT2D eigenvalue weighted by molar-refractivity contribution is 6.05. The predicted octanol–water partition coefficient (Wildman–Crippen LogP) is 8.10. The number of H-pyrrole nitrogens is 2. The maximum atomic E-state index is 14.0. The summed E-state index contributed by atoms with van der Waals surface area (Å²) in [6.07, 6.45) is 1.84. The molecule has 0 fully saturated rings. The minimum absolute atomic E-state index is 0.172. The Labute approximate surface area is 371 Å². The van der Waals surface area contributed by atoms with Gasteiger partial charge in [0.25, 0.3) is 0 Å². The van der Waals surface area contributed by atoms with E-state index in [1.54, 1.807) is 28.1 Å². The minimum atomic E-state index is -0.937. The average Bonchev–Trinajstić information content (AvgIpc) is 3.98. The monoisotopic (exact) mass is 858 g/mol. The van der Waals surface area contributed by atoms with E-state index in [4.69, 9.17) is 9.72 Å². The van der Waals surface area contributed by atoms with E-state index < -0.39 is 18.2 Å². The summed E-state index contributed by atoms with van der Waals surface area (Å²) in [4.78, 5) is 70.6. The first-order valence-corrected chi connectivity index (χ1v) is 21.1. The van der Waals surface area contributed by atoms with Gasteiger partial charge in [-0.2, -0.15) is 0 Å². The van der Waals surface area contributed by atoms with E-state index >= 15 is 0 Å². The van der Waals surface area contributed by atoms with Gasteiger partial charge in [0.05, 0.1) is 50.2 Å². The zero-order valence-corrected chi connectivity index (χ0v) is 36.2. The molecule has 4 amide bonds. The van der Waals surface area contributed by atoms with Crippen LogP contribution in [0.2, 0.25) is 0 Å². The Morgan fingerprint density at radius 2 is 1.44 bits per heavy atom. The van der Waals surface area contributed by atoms with Gasteiger partial charge in [-0.25, -0.2) is 19.6 Å². The van der Waals surface area contributed by atoms with E-state index in [1.807, 2.05) is 86.6 Å². The Hall–Kier alpha value is -7.92. The summed E-state index contributed by atoms with van der Waals surface area (Å²) in [5.41, 5.74) is 7.51.